The topological polar surface area (TPSA) is 49.4 Å². The summed E-state index contributed by atoms with van der Waals surface area (Å²) in [6.07, 6.45) is 8.62. The normalized spacial score (nSPS) is 25.3. The molecule has 1 saturated heterocycles. The summed E-state index contributed by atoms with van der Waals surface area (Å²) in [6, 6.07) is -0.261. The molecular formula is C15H26N2O2S. The van der Waals surface area contributed by atoms with Crippen LogP contribution in [0.1, 0.15) is 51.9 Å². The lowest BCUT2D eigenvalue weighted by Gasteiger charge is -2.44. The fourth-order valence-electron chi connectivity index (χ4n) is 3.44. The summed E-state index contributed by atoms with van der Waals surface area (Å²) in [4.78, 5) is 27.0. The van der Waals surface area contributed by atoms with Gasteiger partial charge in [-0.2, -0.15) is 11.8 Å². The zero-order chi connectivity index (χ0) is 14.6. The van der Waals surface area contributed by atoms with Crippen molar-refractivity contribution in [2.45, 2.75) is 63.5 Å². The van der Waals surface area contributed by atoms with Crippen LogP contribution in [0.4, 0.5) is 0 Å². The summed E-state index contributed by atoms with van der Waals surface area (Å²) in [5.41, 5.74) is -0.567. The summed E-state index contributed by atoms with van der Waals surface area (Å²) >= 11 is 1.83. The second kappa shape index (κ2) is 6.83. The van der Waals surface area contributed by atoms with Gasteiger partial charge >= 0.3 is 0 Å². The smallest absolute Gasteiger partial charge is 0.249 e. The van der Waals surface area contributed by atoms with Gasteiger partial charge in [0.25, 0.3) is 0 Å². The molecule has 1 aliphatic heterocycles. The molecule has 2 aliphatic rings. The number of piperazine rings is 1. The Morgan fingerprint density at radius 2 is 2.00 bits per heavy atom. The van der Waals surface area contributed by atoms with Gasteiger partial charge in [0, 0.05) is 6.54 Å². The summed E-state index contributed by atoms with van der Waals surface area (Å²) in [6.45, 7) is 2.71. The van der Waals surface area contributed by atoms with Gasteiger partial charge < -0.3 is 10.2 Å². The molecule has 0 bridgehead atoms. The van der Waals surface area contributed by atoms with Crippen molar-refractivity contribution in [2.24, 2.45) is 0 Å². The lowest BCUT2D eigenvalue weighted by atomic mass is 9.90. The van der Waals surface area contributed by atoms with E-state index >= 15 is 0 Å². The number of carbonyl (C=O) groups excluding carboxylic acids is 2. The van der Waals surface area contributed by atoms with Crippen LogP contribution in [-0.2, 0) is 9.59 Å². The first-order valence-electron chi connectivity index (χ1n) is 7.76. The molecule has 114 valence electrons. The summed E-state index contributed by atoms with van der Waals surface area (Å²) in [5.74, 6) is 1.35. The van der Waals surface area contributed by atoms with Crippen molar-refractivity contribution in [1.82, 2.24) is 10.2 Å². The Labute approximate surface area is 126 Å². The first kappa shape index (κ1) is 15.7. The monoisotopic (exact) mass is 298 g/mol. The van der Waals surface area contributed by atoms with Crippen molar-refractivity contribution >= 4 is 23.6 Å². The number of hydrogen-bond donors (Lipinski definition) is 1. The molecule has 1 saturated carbocycles. The first-order valence-corrected chi connectivity index (χ1v) is 9.16. The van der Waals surface area contributed by atoms with Gasteiger partial charge in [-0.25, -0.2) is 0 Å². The Morgan fingerprint density at radius 1 is 1.30 bits per heavy atom. The minimum atomic E-state index is -0.567. The number of nitrogens with zero attached hydrogens (tertiary/aromatic N) is 1. The molecule has 0 aromatic rings. The van der Waals surface area contributed by atoms with Crippen molar-refractivity contribution in [3.05, 3.63) is 0 Å². The number of carbonyl (C=O) groups is 2. The molecule has 1 N–H and O–H groups in total. The third kappa shape index (κ3) is 2.97. The molecular weight excluding hydrogens is 272 g/mol. The number of unbranched alkanes of at least 4 members (excludes halogenated alkanes) is 1. The van der Waals surface area contributed by atoms with E-state index in [1.807, 2.05) is 23.6 Å². The molecule has 2 amide bonds. The maximum Gasteiger partial charge on any atom is 0.249 e. The Balaban J connectivity index is 2.07. The highest BCUT2D eigenvalue weighted by atomic mass is 32.2. The lowest BCUT2D eigenvalue weighted by molar-refractivity contribution is -0.155. The molecule has 5 heteroatoms. The van der Waals surface area contributed by atoms with Crippen molar-refractivity contribution in [2.75, 3.05) is 18.6 Å². The van der Waals surface area contributed by atoms with Gasteiger partial charge in [-0.15, -0.1) is 0 Å². The Hall–Kier alpha value is -0.710. The van der Waals surface area contributed by atoms with E-state index in [2.05, 4.69) is 11.6 Å². The van der Waals surface area contributed by atoms with Crippen LogP contribution in [0.15, 0.2) is 0 Å². The SMILES string of the molecule is CCC1C(=O)NC2(CCCC2)C(=O)N1CCCCSC. The van der Waals surface area contributed by atoms with E-state index in [1.54, 1.807) is 0 Å². The van der Waals surface area contributed by atoms with E-state index in [1.165, 1.54) is 0 Å². The Kier molecular flexibility index (Phi) is 5.35. The highest BCUT2D eigenvalue weighted by molar-refractivity contribution is 7.98. The minimum Gasteiger partial charge on any atom is -0.340 e. The van der Waals surface area contributed by atoms with E-state index in [0.717, 1.165) is 50.8 Å². The highest BCUT2D eigenvalue weighted by Gasteiger charge is 2.51. The van der Waals surface area contributed by atoms with E-state index in [0.29, 0.717) is 6.42 Å². The molecule has 1 unspecified atom stereocenters. The predicted molar refractivity (Wildman–Crippen MR) is 82.7 cm³/mol. The third-order valence-corrected chi connectivity index (χ3v) is 5.25. The third-order valence-electron chi connectivity index (χ3n) is 4.55. The zero-order valence-electron chi connectivity index (χ0n) is 12.6. The number of rotatable bonds is 6. The van der Waals surface area contributed by atoms with Gasteiger partial charge in [0.1, 0.15) is 11.6 Å². The molecule has 1 spiro atoms. The molecule has 0 aromatic carbocycles. The molecule has 4 nitrogen and oxygen atoms in total. The van der Waals surface area contributed by atoms with Gasteiger partial charge in [0.2, 0.25) is 11.8 Å². The fourth-order valence-corrected chi connectivity index (χ4v) is 3.93. The van der Waals surface area contributed by atoms with Crippen molar-refractivity contribution in [3.8, 4) is 0 Å². The summed E-state index contributed by atoms with van der Waals surface area (Å²) < 4.78 is 0. The zero-order valence-corrected chi connectivity index (χ0v) is 13.4. The number of hydrogen-bond acceptors (Lipinski definition) is 3. The van der Waals surface area contributed by atoms with E-state index in [9.17, 15) is 9.59 Å². The van der Waals surface area contributed by atoms with Gasteiger partial charge in [-0.05, 0) is 44.1 Å². The quantitative estimate of drug-likeness (QED) is 0.765. The van der Waals surface area contributed by atoms with Crippen LogP contribution in [0.3, 0.4) is 0 Å². The van der Waals surface area contributed by atoms with E-state index in [4.69, 9.17) is 0 Å². The molecule has 2 rings (SSSR count). The summed E-state index contributed by atoms with van der Waals surface area (Å²) in [5, 5.41) is 3.04. The van der Waals surface area contributed by atoms with E-state index in [-0.39, 0.29) is 17.9 Å². The molecule has 1 heterocycles. The lowest BCUT2D eigenvalue weighted by Crippen LogP contribution is -2.69. The first-order chi connectivity index (χ1) is 9.64. The van der Waals surface area contributed by atoms with Crippen LogP contribution < -0.4 is 5.32 Å². The second-order valence-corrected chi connectivity index (χ2v) is 6.89. The highest BCUT2D eigenvalue weighted by Crippen LogP contribution is 2.35. The van der Waals surface area contributed by atoms with Crippen molar-refractivity contribution in [3.63, 3.8) is 0 Å². The van der Waals surface area contributed by atoms with Crippen LogP contribution in [0.5, 0.6) is 0 Å². The van der Waals surface area contributed by atoms with Gasteiger partial charge in [0.15, 0.2) is 0 Å². The van der Waals surface area contributed by atoms with Gasteiger partial charge in [-0.1, -0.05) is 19.8 Å². The number of amides is 2. The maximum absolute atomic E-state index is 12.8. The predicted octanol–water partition coefficient (Wildman–Crippen LogP) is 2.18. The average molecular weight is 298 g/mol. The number of nitrogens with one attached hydrogen (secondary N) is 1. The van der Waals surface area contributed by atoms with Crippen LogP contribution in [0, 0.1) is 0 Å². The maximum atomic E-state index is 12.8. The molecule has 0 radical (unpaired) electrons. The van der Waals surface area contributed by atoms with Gasteiger partial charge in [0.05, 0.1) is 0 Å². The Morgan fingerprint density at radius 3 is 2.60 bits per heavy atom. The van der Waals surface area contributed by atoms with Crippen LogP contribution in [-0.4, -0.2) is 46.8 Å². The van der Waals surface area contributed by atoms with Gasteiger partial charge in [-0.3, -0.25) is 9.59 Å². The number of thioether (sulfide) groups is 1. The molecule has 2 fully saturated rings. The second-order valence-electron chi connectivity index (χ2n) is 5.90. The van der Waals surface area contributed by atoms with E-state index < -0.39 is 5.54 Å². The average Bonchev–Trinajstić information content (AvgIpc) is 2.89. The molecule has 20 heavy (non-hydrogen) atoms. The van der Waals surface area contributed by atoms with Crippen LogP contribution in [0.2, 0.25) is 0 Å². The Bertz CT molecular complexity index is 367. The van der Waals surface area contributed by atoms with Crippen molar-refractivity contribution in [1.29, 1.82) is 0 Å². The standard InChI is InChI=1S/C15H26N2O2S/c1-3-12-13(18)16-15(8-4-5-9-15)14(19)17(12)10-6-7-11-20-2/h12H,3-11H2,1-2H3,(H,16,18). The molecule has 1 atom stereocenters. The van der Waals surface area contributed by atoms with Crippen LogP contribution in [0.25, 0.3) is 0 Å². The molecule has 1 aliphatic carbocycles. The van der Waals surface area contributed by atoms with Crippen molar-refractivity contribution < 1.29 is 9.59 Å². The summed E-state index contributed by atoms with van der Waals surface area (Å²) in [7, 11) is 0. The van der Waals surface area contributed by atoms with Crippen LogP contribution >= 0.6 is 11.8 Å². The largest absolute Gasteiger partial charge is 0.340 e. The minimum absolute atomic E-state index is 0.0545. The fraction of sp³-hybridized carbons (Fsp3) is 0.867. The molecule has 0 aromatic heterocycles.